The van der Waals surface area contributed by atoms with Gasteiger partial charge in [0.2, 0.25) is 5.95 Å². The SMILES string of the molecule is CCOc1nc(NC)nc(Oc2cc(C)ccc2Cl)n1. The van der Waals surface area contributed by atoms with Gasteiger partial charge in [-0.05, 0) is 31.5 Å². The number of aryl methyl sites for hydroxylation is 1. The maximum absolute atomic E-state index is 6.08. The van der Waals surface area contributed by atoms with Crippen molar-refractivity contribution >= 4 is 17.5 Å². The van der Waals surface area contributed by atoms with E-state index in [1.165, 1.54) is 0 Å². The van der Waals surface area contributed by atoms with Gasteiger partial charge in [-0.1, -0.05) is 17.7 Å². The molecule has 0 amide bonds. The molecular formula is C13H15ClN4O2. The average molecular weight is 295 g/mol. The van der Waals surface area contributed by atoms with E-state index in [-0.39, 0.29) is 12.0 Å². The maximum Gasteiger partial charge on any atom is 0.330 e. The Hall–Kier alpha value is -2.08. The molecule has 0 saturated heterocycles. The zero-order chi connectivity index (χ0) is 14.5. The number of anilines is 1. The first-order valence-electron chi connectivity index (χ1n) is 6.13. The van der Waals surface area contributed by atoms with E-state index in [9.17, 15) is 0 Å². The fourth-order valence-corrected chi connectivity index (χ4v) is 1.63. The van der Waals surface area contributed by atoms with Gasteiger partial charge in [0.15, 0.2) is 0 Å². The number of halogens is 1. The molecule has 0 saturated carbocycles. The third-order valence-electron chi connectivity index (χ3n) is 2.38. The van der Waals surface area contributed by atoms with Crippen molar-refractivity contribution in [3.63, 3.8) is 0 Å². The van der Waals surface area contributed by atoms with Crippen LogP contribution in [0.1, 0.15) is 12.5 Å². The van der Waals surface area contributed by atoms with Crippen molar-refractivity contribution < 1.29 is 9.47 Å². The summed E-state index contributed by atoms with van der Waals surface area (Å²) in [5, 5.41) is 3.31. The van der Waals surface area contributed by atoms with E-state index >= 15 is 0 Å². The highest BCUT2D eigenvalue weighted by Crippen LogP contribution is 2.29. The Morgan fingerprint density at radius 2 is 1.95 bits per heavy atom. The summed E-state index contributed by atoms with van der Waals surface area (Å²) in [6.07, 6.45) is 0. The number of hydrogen-bond acceptors (Lipinski definition) is 6. The van der Waals surface area contributed by atoms with Gasteiger partial charge >= 0.3 is 12.0 Å². The molecule has 7 heteroatoms. The number of benzene rings is 1. The molecule has 0 radical (unpaired) electrons. The lowest BCUT2D eigenvalue weighted by atomic mass is 10.2. The van der Waals surface area contributed by atoms with Crippen molar-refractivity contribution in [2.75, 3.05) is 19.0 Å². The van der Waals surface area contributed by atoms with Crippen molar-refractivity contribution in [1.29, 1.82) is 0 Å². The third-order valence-corrected chi connectivity index (χ3v) is 2.69. The summed E-state index contributed by atoms with van der Waals surface area (Å²) in [4.78, 5) is 12.2. The lowest BCUT2D eigenvalue weighted by Crippen LogP contribution is -2.05. The van der Waals surface area contributed by atoms with E-state index in [4.69, 9.17) is 21.1 Å². The van der Waals surface area contributed by atoms with E-state index < -0.39 is 0 Å². The monoisotopic (exact) mass is 294 g/mol. The van der Waals surface area contributed by atoms with E-state index in [2.05, 4.69) is 20.3 Å². The van der Waals surface area contributed by atoms with E-state index in [0.29, 0.717) is 23.3 Å². The summed E-state index contributed by atoms with van der Waals surface area (Å²) < 4.78 is 10.9. The van der Waals surface area contributed by atoms with Crippen LogP contribution in [0.15, 0.2) is 18.2 Å². The molecule has 0 unspecified atom stereocenters. The quantitative estimate of drug-likeness (QED) is 0.914. The van der Waals surface area contributed by atoms with Gasteiger partial charge in [0.1, 0.15) is 5.75 Å². The first kappa shape index (κ1) is 14.3. The van der Waals surface area contributed by atoms with Gasteiger partial charge in [-0.3, -0.25) is 0 Å². The minimum Gasteiger partial charge on any atom is -0.464 e. The van der Waals surface area contributed by atoms with Crippen LogP contribution in [0.2, 0.25) is 5.02 Å². The molecule has 0 aliphatic rings. The normalized spacial score (nSPS) is 10.2. The lowest BCUT2D eigenvalue weighted by molar-refractivity contribution is 0.304. The molecule has 1 aromatic carbocycles. The highest BCUT2D eigenvalue weighted by atomic mass is 35.5. The van der Waals surface area contributed by atoms with Crippen LogP contribution in [0, 0.1) is 6.92 Å². The summed E-state index contributed by atoms with van der Waals surface area (Å²) >= 11 is 6.08. The van der Waals surface area contributed by atoms with Gasteiger partial charge in [0.25, 0.3) is 0 Å². The highest BCUT2D eigenvalue weighted by Gasteiger charge is 2.10. The molecule has 20 heavy (non-hydrogen) atoms. The van der Waals surface area contributed by atoms with Crippen LogP contribution in [-0.4, -0.2) is 28.6 Å². The number of ether oxygens (including phenoxy) is 2. The molecule has 2 aromatic rings. The van der Waals surface area contributed by atoms with Crippen molar-refractivity contribution in [2.24, 2.45) is 0 Å². The number of hydrogen-bond donors (Lipinski definition) is 1. The smallest absolute Gasteiger partial charge is 0.330 e. The number of aromatic nitrogens is 3. The Bertz CT molecular complexity index is 607. The zero-order valence-corrected chi connectivity index (χ0v) is 12.2. The largest absolute Gasteiger partial charge is 0.464 e. The fourth-order valence-electron chi connectivity index (χ4n) is 1.48. The van der Waals surface area contributed by atoms with Crippen LogP contribution in [0.3, 0.4) is 0 Å². The van der Waals surface area contributed by atoms with E-state index in [1.54, 1.807) is 13.1 Å². The Labute approximate surface area is 122 Å². The predicted molar refractivity (Wildman–Crippen MR) is 76.8 cm³/mol. The Morgan fingerprint density at radius 3 is 2.65 bits per heavy atom. The van der Waals surface area contributed by atoms with Gasteiger partial charge < -0.3 is 14.8 Å². The summed E-state index contributed by atoms with van der Waals surface area (Å²) in [6, 6.07) is 5.79. The second-order valence-electron chi connectivity index (χ2n) is 3.94. The van der Waals surface area contributed by atoms with Crippen molar-refractivity contribution in [2.45, 2.75) is 13.8 Å². The molecule has 0 bridgehead atoms. The van der Waals surface area contributed by atoms with Gasteiger partial charge in [-0.25, -0.2) is 0 Å². The molecule has 6 nitrogen and oxygen atoms in total. The maximum atomic E-state index is 6.08. The minimum atomic E-state index is 0.125. The van der Waals surface area contributed by atoms with Crippen molar-refractivity contribution in [3.8, 4) is 17.8 Å². The summed E-state index contributed by atoms with van der Waals surface area (Å²) in [5.74, 6) is 0.851. The molecule has 2 rings (SSSR count). The van der Waals surface area contributed by atoms with Crippen molar-refractivity contribution in [3.05, 3.63) is 28.8 Å². The van der Waals surface area contributed by atoms with Crippen LogP contribution >= 0.6 is 11.6 Å². The molecular weight excluding hydrogens is 280 g/mol. The Morgan fingerprint density at radius 1 is 1.20 bits per heavy atom. The molecule has 1 heterocycles. The standard InChI is InChI=1S/C13H15ClN4O2/c1-4-19-12-16-11(15-3)17-13(18-12)20-10-7-8(2)5-6-9(10)14/h5-7H,4H2,1-3H3,(H,15,16,17,18). The van der Waals surface area contributed by atoms with Gasteiger partial charge in [-0.15, -0.1) is 4.98 Å². The van der Waals surface area contributed by atoms with E-state index in [1.807, 2.05) is 26.0 Å². The topological polar surface area (TPSA) is 69.2 Å². The number of nitrogens with one attached hydrogen (secondary N) is 1. The predicted octanol–water partition coefficient (Wildman–Crippen LogP) is 3.07. The van der Waals surface area contributed by atoms with Crippen LogP contribution < -0.4 is 14.8 Å². The minimum absolute atomic E-state index is 0.125. The van der Waals surface area contributed by atoms with Crippen LogP contribution in [0.4, 0.5) is 5.95 Å². The summed E-state index contributed by atoms with van der Waals surface area (Å²) in [6.45, 7) is 4.25. The van der Waals surface area contributed by atoms with Crippen LogP contribution in [0.25, 0.3) is 0 Å². The van der Waals surface area contributed by atoms with Gasteiger partial charge in [-0.2, -0.15) is 9.97 Å². The second-order valence-corrected chi connectivity index (χ2v) is 4.35. The zero-order valence-electron chi connectivity index (χ0n) is 11.5. The second kappa shape index (κ2) is 6.38. The van der Waals surface area contributed by atoms with Crippen molar-refractivity contribution in [1.82, 2.24) is 15.0 Å². The summed E-state index contributed by atoms with van der Waals surface area (Å²) in [5.41, 5.74) is 1.03. The average Bonchev–Trinajstić information content (AvgIpc) is 2.43. The first-order chi connectivity index (χ1) is 9.62. The van der Waals surface area contributed by atoms with Crippen LogP contribution in [-0.2, 0) is 0 Å². The van der Waals surface area contributed by atoms with Gasteiger partial charge in [0, 0.05) is 7.05 Å². The molecule has 0 fully saturated rings. The molecule has 0 spiro atoms. The molecule has 0 atom stereocenters. The molecule has 0 aliphatic carbocycles. The Balaban J connectivity index is 2.32. The number of nitrogens with zero attached hydrogens (tertiary/aromatic N) is 3. The Kier molecular flexibility index (Phi) is 4.57. The fraction of sp³-hybridized carbons (Fsp3) is 0.308. The molecule has 0 aliphatic heterocycles. The first-order valence-corrected chi connectivity index (χ1v) is 6.50. The molecule has 106 valence electrons. The van der Waals surface area contributed by atoms with Gasteiger partial charge in [0.05, 0.1) is 11.6 Å². The molecule has 1 N–H and O–H groups in total. The molecule has 1 aromatic heterocycles. The lowest BCUT2D eigenvalue weighted by Gasteiger charge is -2.09. The van der Waals surface area contributed by atoms with E-state index in [0.717, 1.165) is 5.56 Å². The summed E-state index contributed by atoms with van der Waals surface area (Å²) in [7, 11) is 1.70. The van der Waals surface area contributed by atoms with Crippen LogP contribution in [0.5, 0.6) is 17.8 Å². The third kappa shape index (κ3) is 3.48. The highest BCUT2D eigenvalue weighted by molar-refractivity contribution is 6.32. The number of rotatable bonds is 5.